The van der Waals surface area contributed by atoms with Gasteiger partial charge in [-0.1, -0.05) is 19.4 Å². The molecule has 124 valence electrons. The van der Waals surface area contributed by atoms with E-state index in [2.05, 4.69) is 17.2 Å². The van der Waals surface area contributed by atoms with Gasteiger partial charge in [-0.25, -0.2) is 4.98 Å². The maximum absolute atomic E-state index is 12.9. The first kappa shape index (κ1) is 16.1. The number of anilines is 1. The van der Waals surface area contributed by atoms with Gasteiger partial charge < -0.3 is 10.1 Å². The highest BCUT2D eigenvalue weighted by molar-refractivity contribution is 6.04. The summed E-state index contributed by atoms with van der Waals surface area (Å²) in [5.41, 5.74) is 4.03. The Morgan fingerprint density at radius 1 is 1.29 bits per heavy atom. The summed E-state index contributed by atoms with van der Waals surface area (Å²) >= 11 is 0. The van der Waals surface area contributed by atoms with Crippen LogP contribution < -0.4 is 10.1 Å². The number of benzene rings is 1. The lowest BCUT2D eigenvalue weighted by molar-refractivity contribution is 0.102. The number of hydrogen-bond acceptors (Lipinski definition) is 3. The molecule has 0 saturated heterocycles. The average Bonchev–Trinajstić information content (AvgIpc) is 2.92. The van der Waals surface area contributed by atoms with E-state index in [1.165, 1.54) is 0 Å². The molecule has 0 atom stereocenters. The number of ether oxygens (including phenoxy) is 1. The standard InChI is InChI=1S/C19H21N3O2/c1-4-6-16-18(22-10-9-13(2)11-17(22)21-16)19(23)20-14-7-5-8-15(12-14)24-3/h5,7-12H,4,6H2,1-3H3,(H,20,23). The summed E-state index contributed by atoms with van der Waals surface area (Å²) in [4.78, 5) is 17.5. The summed E-state index contributed by atoms with van der Waals surface area (Å²) < 4.78 is 7.06. The summed E-state index contributed by atoms with van der Waals surface area (Å²) in [7, 11) is 1.60. The molecule has 0 saturated carbocycles. The first-order chi connectivity index (χ1) is 11.6. The molecule has 3 aromatic rings. The number of methoxy groups -OCH3 is 1. The van der Waals surface area contributed by atoms with Crippen molar-refractivity contribution >= 4 is 17.2 Å². The zero-order valence-corrected chi connectivity index (χ0v) is 14.2. The molecule has 0 aliphatic heterocycles. The fourth-order valence-electron chi connectivity index (χ4n) is 2.74. The fourth-order valence-corrected chi connectivity index (χ4v) is 2.74. The highest BCUT2D eigenvalue weighted by atomic mass is 16.5. The van der Waals surface area contributed by atoms with Gasteiger partial charge >= 0.3 is 0 Å². The molecule has 0 fully saturated rings. The maximum atomic E-state index is 12.9. The number of pyridine rings is 1. The van der Waals surface area contributed by atoms with Gasteiger partial charge in [-0.05, 0) is 43.2 Å². The highest BCUT2D eigenvalue weighted by Crippen LogP contribution is 2.20. The second kappa shape index (κ2) is 6.74. The molecule has 5 heteroatoms. The number of carbonyl (C=O) groups is 1. The van der Waals surface area contributed by atoms with Crippen LogP contribution in [0.1, 0.15) is 35.1 Å². The SMILES string of the molecule is CCCc1nc2cc(C)ccn2c1C(=O)Nc1cccc(OC)c1. The van der Waals surface area contributed by atoms with Gasteiger partial charge in [0.1, 0.15) is 17.1 Å². The van der Waals surface area contributed by atoms with E-state index < -0.39 is 0 Å². The zero-order chi connectivity index (χ0) is 17.1. The number of rotatable bonds is 5. The summed E-state index contributed by atoms with van der Waals surface area (Å²) in [6.45, 7) is 4.10. The molecule has 2 heterocycles. The third-order valence-electron chi connectivity index (χ3n) is 3.88. The van der Waals surface area contributed by atoms with Gasteiger partial charge in [-0.2, -0.15) is 0 Å². The van der Waals surface area contributed by atoms with Crippen LogP contribution in [0.15, 0.2) is 42.6 Å². The van der Waals surface area contributed by atoms with E-state index in [0.717, 1.165) is 29.7 Å². The zero-order valence-electron chi connectivity index (χ0n) is 14.2. The number of imidazole rings is 1. The van der Waals surface area contributed by atoms with Gasteiger partial charge in [-0.3, -0.25) is 9.20 Å². The molecule has 1 aromatic carbocycles. The summed E-state index contributed by atoms with van der Waals surface area (Å²) in [6, 6.07) is 11.3. The van der Waals surface area contributed by atoms with E-state index >= 15 is 0 Å². The van der Waals surface area contributed by atoms with Crippen molar-refractivity contribution in [2.75, 3.05) is 12.4 Å². The number of aryl methyl sites for hydroxylation is 2. The smallest absolute Gasteiger partial charge is 0.274 e. The van der Waals surface area contributed by atoms with Crippen molar-refractivity contribution in [1.29, 1.82) is 0 Å². The number of fused-ring (bicyclic) bond motifs is 1. The molecule has 0 aliphatic carbocycles. The third-order valence-corrected chi connectivity index (χ3v) is 3.88. The van der Waals surface area contributed by atoms with E-state index in [1.807, 2.05) is 47.9 Å². The van der Waals surface area contributed by atoms with Crippen LogP contribution in [0.4, 0.5) is 5.69 Å². The minimum absolute atomic E-state index is 0.164. The number of amides is 1. The number of aromatic nitrogens is 2. The van der Waals surface area contributed by atoms with Crippen molar-refractivity contribution in [2.45, 2.75) is 26.7 Å². The maximum Gasteiger partial charge on any atom is 0.274 e. The van der Waals surface area contributed by atoms with Gasteiger partial charge in [0.05, 0.1) is 12.8 Å². The Morgan fingerprint density at radius 3 is 2.88 bits per heavy atom. The second-order valence-corrected chi connectivity index (χ2v) is 5.78. The van der Waals surface area contributed by atoms with Crippen molar-refractivity contribution < 1.29 is 9.53 Å². The van der Waals surface area contributed by atoms with Crippen LogP contribution in [0.2, 0.25) is 0 Å². The minimum Gasteiger partial charge on any atom is -0.497 e. The molecule has 0 radical (unpaired) electrons. The van der Waals surface area contributed by atoms with Crippen molar-refractivity contribution in [3.8, 4) is 5.75 Å². The van der Waals surface area contributed by atoms with E-state index in [-0.39, 0.29) is 5.91 Å². The minimum atomic E-state index is -0.164. The molecular formula is C19H21N3O2. The van der Waals surface area contributed by atoms with Crippen LogP contribution in [-0.4, -0.2) is 22.4 Å². The van der Waals surface area contributed by atoms with Crippen LogP contribution in [-0.2, 0) is 6.42 Å². The number of carbonyl (C=O) groups excluding carboxylic acids is 1. The molecule has 0 unspecified atom stereocenters. The van der Waals surface area contributed by atoms with E-state index in [1.54, 1.807) is 13.2 Å². The lowest BCUT2D eigenvalue weighted by atomic mass is 10.2. The van der Waals surface area contributed by atoms with Crippen LogP contribution in [0.3, 0.4) is 0 Å². The van der Waals surface area contributed by atoms with Crippen LogP contribution in [0.25, 0.3) is 5.65 Å². The largest absolute Gasteiger partial charge is 0.497 e. The van der Waals surface area contributed by atoms with Crippen LogP contribution >= 0.6 is 0 Å². The van der Waals surface area contributed by atoms with Gasteiger partial charge in [-0.15, -0.1) is 0 Å². The molecular weight excluding hydrogens is 302 g/mol. The lowest BCUT2D eigenvalue weighted by Gasteiger charge is -2.08. The van der Waals surface area contributed by atoms with Gasteiger partial charge in [0.15, 0.2) is 0 Å². The Balaban J connectivity index is 2.00. The molecule has 1 amide bonds. The molecule has 0 spiro atoms. The first-order valence-corrected chi connectivity index (χ1v) is 8.05. The van der Waals surface area contributed by atoms with Crippen molar-refractivity contribution in [1.82, 2.24) is 9.38 Å². The molecule has 0 bridgehead atoms. The average molecular weight is 323 g/mol. The Bertz CT molecular complexity index is 883. The molecule has 24 heavy (non-hydrogen) atoms. The highest BCUT2D eigenvalue weighted by Gasteiger charge is 2.19. The lowest BCUT2D eigenvalue weighted by Crippen LogP contribution is -2.16. The Labute approximate surface area is 141 Å². The Hall–Kier alpha value is -2.82. The quantitative estimate of drug-likeness (QED) is 0.776. The van der Waals surface area contributed by atoms with Gasteiger partial charge in [0.2, 0.25) is 0 Å². The summed E-state index contributed by atoms with van der Waals surface area (Å²) in [5, 5.41) is 2.94. The van der Waals surface area contributed by atoms with Crippen molar-refractivity contribution in [3.05, 3.63) is 59.5 Å². The van der Waals surface area contributed by atoms with Gasteiger partial charge in [0, 0.05) is 18.0 Å². The molecule has 2 aromatic heterocycles. The third kappa shape index (κ3) is 3.11. The van der Waals surface area contributed by atoms with Crippen LogP contribution in [0.5, 0.6) is 5.75 Å². The predicted molar refractivity (Wildman–Crippen MR) is 94.9 cm³/mol. The summed E-state index contributed by atoms with van der Waals surface area (Å²) in [5.74, 6) is 0.540. The number of nitrogens with zero attached hydrogens (tertiary/aromatic N) is 2. The fraction of sp³-hybridized carbons (Fsp3) is 0.263. The Morgan fingerprint density at radius 2 is 2.12 bits per heavy atom. The second-order valence-electron chi connectivity index (χ2n) is 5.78. The number of hydrogen-bond donors (Lipinski definition) is 1. The first-order valence-electron chi connectivity index (χ1n) is 8.05. The van der Waals surface area contributed by atoms with Gasteiger partial charge in [0.25, 0.3) is 5.91 Å². The monoisotopic (exact) mass is 323 g/mol. The molecule has 5 nitrogen and oxygen atoms in total. The van der Waals surface area contributed by atoms with Crippen LogP contribution in [0, 0.1) is 6.92 Å². The predicted octanol–water partition coefficient (Wildman–Crippen LogP) is 3.86. The number of nitrogens with one attached hydrogen (secondary N) is 1. The van der Waals surface area contributed by atoms with Crippen molar-refractivity contribution in [2.24, 2.45) is 0 Å². The summed E-state index contributed by atoms with van der Waals surface area (Å²) in [6.07, 6.45) is 3.60. The molecule has 3 rings (SSSR count). The van der Waals surface area contributed by atoms with E-state index in [4.69, 9.17) is 4.74 Å². The Kier molecular flexibility index (Phi) is 4.51. The topological polar surface area (TPSA) is 55.6 Å². The van der Waals surface area contributed by atoms with E-state index in [0.29, 0.717) is 17.1 Å². The normalized spacial score (nSPS) is 10.8. The molecule has 0 aliphatic rings. The molecule has 1 N–H and O–H groups in total. The van der Waals surface area contributed by atoms with E-state index in [9.17, 15) is 4.79 Å². The van der Waals surface area contributed by atoms with Crippen molar-refractivity contribution in [3.63, 3.8) is 0 Å².